The van der Waals surface area contributed by atoms with Crippen LogP contribution in [0.3, 0.4) is 0 Å². The van der Waals surface area contributed by atoms with E-state index >= 15 is 0 Å². The third-order valence-electron chi connectivity index (χ3n) is 19.7. The Labute approximate surface area is 502 Å². The van der Waals surface area contributed by atoms with Crippen molar-refractivity contribution in [3.8, 4) is 33.8 Å². The average molecular weight is 1110 g/mol. The minimum atomic E-state index is 0.244. The van der Waals surface area contributed by atoms with Crippen molar-refractivity contribution in [1.82, 2.24) is 0 Å². The molecule has 0 radical (unpaired) electrons. The number of phenolic OH excluding ortho intramolecular Hbond substituents is 2. The van der Waals surface area contributed by atoms with Gasteiger partial charge in [0.15, 0.2) is 0 Å². The molecule has 14 rings (SSSR count). The van der Waals surface area contributed by atoms with Crippen molar-refractivity contribution in [2.45, 2.75) is 123 Å². The molecule has 85 heavy (non-hydrogen) atoms. The van der Waals surface area contributed by atoms with Crippen molar-refractivity contribution in [1.29, 1.82) is 0 Å². The summed E-state index contributed by atoms with van der Waals surface area (Å²) in [6.45, 7) is 11.0. The van der Waals surface area contributed by atoms with E-state index in [-0.39, 0.29) is 5.75 Å². The number of hydrogen-bond acceptors (Lipinski definition) is 4. The predicted octanol–water partition coefficient (Wildman–Crippen LogP) is 23.0. The summed E-state index contributed by atoms with van der Waals surface area (Å²) in [5.74, 6) is 1.62. The second-order valence-electron chi connectivity index (χ2n) is 24.9. The molecule has 3 aliphatic rings. The molecule has 11 aromatic carbocycles. The molecule has 1 atom stereocenters. The number of fused-ring (bicyclic) bond motifs is 1. The number of benzene rings is 11. The summed E-state index contributed by atoms with van der Waals surface area (Å²) in [5.41, 5.74) is 22.3. The Hall–Kier alpha value is -8.86. The number of anilines is 6. The number of aryl methyl sites for hydroxylation is 3. The summed E-state index contributed by atoms with van der Waals surface area (Å²) in [6, 6.07) is 71.0. The quantitative estimate of drug-likeness (QED) is 0.113. The van der Waals surface area contributed by atoms with Crippen LogP contribution in [-0.4, -0.2) is 10.2 Å². The molecule has 2 saturated carbocycles. The zero-order chi connectivity index (χ0) is 57.9. The van der Waals surface area contributed by atoms with Crippen LogP contribution in [0.4, 0.5) is 34.1 Å². The molecule has 3 aliphatic carbocycles. The van der Waals surface area contributed by atoms with Crippen molar-refractivity contribution in [3.05, 3.63) is 256 Å². The molecule has 4 nitrogen and oxygen atoms in total. The first kappa shape index (κ1) is 54.1. The molecule has 0 aromatic heterocycles. The molecule has 0 bridgehead atoms. The Balaban J connectivity index is 0.999. The first-order chi connectivity index (χ1) is 41.6. The van der Waals surface area contributed by atoms with Crippen LogP contribution in [0.1, 0.15) is 140 Å². The summed E-state index contributed by atoms with van der Waals surface area (Å²) in [5, 5.41) is 33.5. The van der Waals surface area contributed by atoms with Gasteiger partial charge in [-0.2, -0.15) is 0 Å². The van der Waals surface area contributed by atoms with E-state index in [2.05, 4.69) is 251 Å². The van der Waals surface area contributed by atoms with E-state index in [9.17, 15) is 10.2 Å². The van der Waals surface area contributed by atoms with Crippen molar-refractivity contribution in [2.24, 2.45) is 0 Å². The van der Waals surface area contributed by atoms with Gasteiger partial charge in [-0.3, -0.25) is 0 Å². The van der Waals surface area contributed by atoms with Gasteiger partial charge in [0.1, 0.15) is 11.5 Å². The van der Waals surface area contributed by atoms with Crippen LogP contribution in [0, 0.1) is 20.8 Å². The second-order valence-corrected chi connectivity index (χ2v) is 24.9. The fourth-order valence-electron chi connectivity index (χ4n) is 15.2. The third kappa shape index (κ3) is 9.74. The molecule has 2 fully saturated rings. The molecule has 422 valence electrons. The van der Waals surface area contributed by atoms with Gasteiger partial charge in [-0.1, -0.05) is 208 Å². The van der Waals surface area contributed by atoms with E-state index in [1.807, 2.05) is 0 Å². The van der Waals surface area contributed by atoms with Crippen molar-refractivity contribution in [3.63, 3.8) is 0 Å². The summed E-state index contributed by atoms with van der Waals surface area (Å²) in [6.07, 6.45) is 17.0. The molecule has 0 amide bonds. The zero-order valence-corrected chi connectivity index (χ0v) is 49.9. The van der Waals surface area contributed by atoms with Gasteiger partial charge in [0.05, 0.1) is 22.7 Å². The SMILES string of the molecule is CC1=C(/C=C\Cc2cccc(N(c3ccc(C)cc3)c3cc(C4CCCCC4)c4ccc5c(N(c6ccc(C)cc6)c6cccc(-c7cccc(-c8ccccc8C)c7)c6O)cc(C6CCCCC6)c6ccc3c4c65)c2O)C(C)c2ccccc21. The highest BCUT2D eigenvalue weighted by Gasteiger charge is 2.31. The van der Waals surface area contributed by atoms with Gasteiger partial charge in [-0.25, -0.2) is 0 Å². The number of allylic oxidation sites excluding steroid dienone is 4. The Bertz CT molecular complexity index is 4380. The molecule has 0 saturated heterocycles. The second kappa shape index (κ2) is 22.6. The lowest BCUT2D eigenvalue weighted by Crippen LogP contribution is -2.15. The molecule has 4 heteroatoms. The van der Waals surface area contributed by atoms with Crippen LogP contribution in [0.25, 0.3) is 60.1 Å². The smallest absolute Gasteiger partial charge is 0.147 e. The van der Waals surface area contributed by atoms with Gasteiger partial charge >= 0.3 is 0 Å². The third-order valence-corrected chi connectivity index (χ3v) is 19.7. The molecular formula is C81H76N2O2. The number of hydrogen-bond donors (Lipinski definition) is 2. The van der Waals surface area contributed by atoms with Gasteiger partial charge in [-0.05, 0) is 209 Å². The topological polar surface area (TPSA) is 46.9 Å². The lowest BCUT2D eigenvalue weighted by Gasteiger charge is -2.34. The standard InChI is InChI=1S/C81H76N2O2/c1-51-36-40-61(41-37-51)82(74-34-18-26-58(80(74)84)25-17-32-64-54(4)65-30-14-15-31-66(65)55(64)5)76-49-72(56-21-8-6-9-22-56)68-45-47-71-77(50-73(57-23-10-7-11-24-57)69-44-46-70(76)78(68)79(69)71)83(62-42-38-52(2)39-43-62)75-35-19-33-67(81(75)85)60-28-16-27-59(48-60)63-29-13-12-20-53(63)3/h12-20,26-50,54,56-57,84-85H,6-11,21-25H2,1-5H3/b32-17-. The van der Waals surface area contributed by atoms with E-state index in [1.165, 1.54) is 116 Å². The summed E-state index contributed by atoms with van der Waals surface area (Å²) >= 11 is 0. The monoisotopic (exact) mass is 1110 g/mol. The fraction of sp³-hybridized carbons (Fsp3) is 0.235. The molecule has 0 spiro atoms. The molecule has 2 N–H and O–H groups in total. The molecule has 1 unspecified atom stereocenters. The van der Waals surface area contributed by atoms with E-state index in [0.717, 1.165) is 92.8 Å². The number of phenols is 2. The maximum Gasteiger partial charge on any atom is 0.147 e. The predicted molar refractivity (Wildman–Crippen MR) is 360 cm³/mol. The Kier molecular flexibility index (Phi) is 14.4. The Morgan fingerprint density at radius 3 is 1.47 bits per heavy atom. The number of nitrogens with zero attached hydrogens (tertiary/aromatic N) is 2. The van der Waals surface area contributed by atoms with Gasteiger partial charge < -0.3 is 20.0 Å². The zero-order valence-electron chi connectivity index (χ0n) is 49.9. The molecule has 0 heterocycles. The lowest BCUT2D eigenvalue weighted by atomic mass is 9.77. The van der Waals surface area contributed by atoms with Gasteiger partial charge in [0, 0.05) is 33.6 Å². The highest BCUT2D eigenvalue weighted by atomic mass is 16.3. The van der Waals surface area contributed by atoms with Crippen LogP contribution in [0.2, 0.25) is 0 Å². The first-order valence-electron chi connectivity index (χ1n) is 31.4. The van der Waals surface area contributed by atoms with Crippen molar-refractivity contribution < 1.29 is 10.2 Å². The largest absolute Gasteiger partial charge is 0.505 e. The maximum absolute atomic E-state index is 13.1. The molecular weight excluding hydrogens is 1030 g/mol. The highest BCUT2D eigenvalue weighted by molar-refractivity contribution is 6.29. The van der Waals surface area contributed by atoms with Crippen molar-refractivity contribution in [2.75, 3.05) is 9.80 Å². The first-order valence-corrected chi connectivity index (χ1v) is 31.4. The van der Waals surface area contributed by atoms with E-state index in [0.29, 0.717) is 29.9 Å². The fourth-order valence-corrected chi connectivity index (χ4v) is 15.2. The number of aromatic hydroxyl groups is 2. The molecule has 0 aliphatic heterocycles. The Morgan fingerprint density at radius 2 is 0.906 bits per heavy atom. The van der Waals surface area contributed by atoms with Crippen LogP contribution < -0.4 is 9.80 Å². The van der Waals surface area contributed by atoms with Crippen LogP contribution in [-0.2, 0) is 6.42 Å². The summed E-state index contributed by atoms with van der Waals surface area (Å²) in [4.78, 5) is 4.72. The minimum Gasteiger partial charge on any atom is -0.505 e. The van der Waals surface area contributed by atoms with Gasteiger partial charge in [0.25, 0.3) is 0 Å². The minimum absolute atomic E-state index is 0.244. The van der Waals surface area contributed by atoms with Crippen LogP contribution in [0.5, 0.6) is 11.5 Å². The number of para-hydroxylation sites is 2. The van der Waals surface area contributed by atoms with Gasteiger partial charge in [0.2, 0.25) is 0 Å². The van der Waals surface area contributed by atoms with Crippen molar-refractivity contribution >= 4 is 72.0 Å². The van der Waals surface area contributed by atoms with E-state index in [4.69, 9.17) is 0 Å². The lowest BCUT2D eigenvalue weighted by molar-refractivity contribution is 0.445. The van der Waals surface area contributed by atoms with Gasteiger partial charge in [-0.15, -0.1) is 0 Å². The van der Waals surface area contributed by atoms with Crippen LogP contribution >= 0.6 is 0 Å². The maximum atomic E-state index is 13.1. The highest BCUT2D eigenvalue weighted by Crippen LogP contribution is 2.55. The molecule has 11 aromatic rings. The number of rotatable bonds is 13. The summed E-state index contributed by atoms with van der Waals surface area (Å²) in [7, 11) is 0. The van der Waals surface area contributed by atoms with E-state index < -0.39 is 0 Å². The Morgan fingerprint density at radius 1 is 0.424 bits per heavy atom. The van der Waals surface area contributed by atoms with E-state index in [1.54, 1.807) is 0 Å². The summed E-state index contributed by atoms with van der Waals surface area (Å²) < 4.78 is 0. The van der Waals surface area contributed by atoms with Crippen LogP contribution in [0.15, 0.2) is 212 Å². The average Bonchev–Trinajstić information content (AvgIpc) is 1.52. The normalized spacial score (nSPS) is 15.9.